The highest BCUT2D eigenvalue weighted by Gasteiger charge is 2.15. The molecule has 0 saturated heterocycles. The Morgan fingerprint density at radius 1 is 0.647 bits per heavy atom. The van der Waals surface area contributed by atoms with Gasteiger partial charge in [0.25, 0.3) is 0 Å². The van der Waals surface area contributed by atoms with E-state index in [0.29, 0.717) is 9.79 Å². The highest BCUT2D eigenvalue weighted by Crippen LogP contribution is 2.19. The van der Waals surface area contributed by atoms with E-state index in [-0.39, 0.29) is 0 Å². The minimum Gasteiger partial charge on any atom is -0.219 e. The van der Waals surface area contributed by atoms with Crippen molar-refractivity contribution in [1.29, 1.82) is 0 Å². The molecule has 0 unspecified atom stereocenters. The first-order valence-electron chi connectivity index (χ1n) is 5.56. The van der Waals surface area contributed by atoms with Crippen LogP contribution in [0.2, 0.25) is 0 Å². The van der Waals surface area contributed by atoms with Gasteiger partial charge in [-0.1, -0.05) is 50.2 Å². The minimum absolute atomic E-state index is 0.330. The Morgan fingerprint density at radius 3 is 1.24 bits per heavy atom. The summed E-state index contributed by atoms with van der Waals surface area (Å²) in [6, 6.07) is 16.9. The number of hydrogen-bond donors (Lipinski definition) is 0. The van der Waals surface area contributed by atoms with Gasteiger partial charge in [-0.2, -0.15) is 0 Å². The summed E-state index contributed by atoms with van der Waals surface area (Å²) in [7, 11) is -3.34. The first kappa shape index (κ1) is 13.5. The molecule has 90 valence electrons. The van der Waals surface area contributed by atoms with Gasteiger partial charge in [0.05, 0.1) is 9.79 Å². The summed E-state index contributed by atoms with van der Waals surface area (Å²) in [5.41, 5.74) is 0. The molecule has 0 aliphatic carbocycles. The van der Waals surface area contributed by atoms with Crippen molar-refractivity contribution in [2.24, 2.45) is 0 Å². The van der Waals surface area contributed by atoms with Crippen LogP contribution in [-0.2, 0) is 9.84 Å². The number of sulfone groups is 1. The van der Waals surface area contributed by atoms with Crippen LogP contribution in [0.25, 0.3) is 0 Å². The fraction of sp³-hybridized carbons (Fsp3) is 0.143. The lowest BCUT2D eigenvalue weighted by Gasteiger charge is -2.03. The zero-order chi connectivity index (χ0) is 12.7. The van der Waals surface area contributed by atoms with Crippen molar-refractivity contribution in [3.63, 3.8) is 0 Å². The van der Waals surface area contributed by atoms with Gasteiger partial charge in [-0.15, -0.1) is 0 Å². The molecule has 0 bridgehead atoms. The van der Waals surface area contributed by atoms with Gasteiger partial charge in [0.1, 0.15) is 0 Å². The van der Waals surface area contributed by atoms with Crippen molar-refractivity contribution in [2.45, 2.75) is 23.6 Å². The van der Waals surface area contributed by atoms with Gasteiger partial charge >= 0.3 is 0 Å². The maximum atomic E-state index is 12.0. The molecular weight excluding hydrogens is 232 g/mol. The van der Waals surface area contributed by atoms with E-state index in [0.717, 1.165) is 0 Å². The van der Waals surface area contributed by atoms with Crippen LogP contribution in [-0.4, -0.2) is 8.42 Å². The Bertz CT molecular complexity index is 485. The first-order valence-corrected chi connectivity index (χ1v) is 7.05. The average Bonchev–Trinajstić information content (AvgIpc) is 2.43. The first-order chi connectivity index (χ1) is 8.21. The molecule has 0 atom stereocenters. The van der Waals surface area contributed by atoms with Crippen LogP contribution in [0.5, 0.6) is 0 Å². The maximum Gasteiger partial charge on any atom is 0.206 e. The quantitative estimate of drug-likeness (QED) is 0.814. The molecule has 17 heavy (non-hydrogen) atoms. The van der Waals surface area contributed by atoms with E-state index in [1.165, 1.54) is 0 Å². The molecule has 0 radical (unpaired) electrons. The topological polar surface area (TPSA) is 34.1 Å². The van der Waals surface area contributed by atoms with Crippen LogP contribution in [0.4, 0.5) is 0 Å². The summed E-state index contributed by atoms with van der Waals surface area (Å²) in [5, 5.41) is 0. The van der Waals surface area contributed by atoms with Crippen molar-refractivity contribution in [3.8, 4) is 0 Å². The van der Waals surface area contributed by atoms with Crippen molar-refractivity contribution in [3.05, 3.63) is 60.7 Å². The minimum atomic E-state index is -3.34. The Balaban J connectivity index is 0.000000686. The van der Waals surface area contributed by atoms with E-state index in [4.69, 9.17) is 0 Å². The fourth-order valence-corrected chi connectivity index (χ4v) is 2.64. The Hall–Kier alpha value is -1.61. The zero-order valence-corrected chi connectivity index (χ0v) is 10.8. The molecule has 2 nitrogen and oxygen atoms in total. The molecule has 2 rings (SSSR count). The molecule has 0 spiro atoms. The molecular formula is C14H16O2S. The Morgan fingerprint density at radius 2 is 0.941 bits per heavy atom. The molecule has 0 heterocycles. The third-order valence-corrected chi connectivity index (χ3v) is 3.89. The summed E-state index contributed by atoms with van der Waals surface area (Å²) in [6.07, 6.45) is 0. The molecule has 0 fully saturated rings. The smallest absolute Gasteiger partial charge is 0.206 e. The second-order valence-electron chi connectivity index (χ2n) is 3.13. The lowest BCUT2D eigenvalue weighted by Crippen LogP contribution is -2.00. The summed E-state index contributed by atoms with van der Waals surface area (Å²) < 4.78 is 24.1. The lowest BCUT2D eigenvalue weighted by atomic mass is 10.4. The third kappa shape index (κ3) is 3.17. The van der Waals surface area contributed by atoms with Gasteiger partial charge in [0.15, 0.2) is 0 Å². The van der Waals surface area contributed by atoms with E-state index in [2.05, 4.69) is 0 Å². The molecule has 2 aromatic rings. The highest BCUT2D eigenvalue weighted by atomic mass is 32.2. The molecule has 0 aromatic heterocycles. The highest BCUT2D eigenvalue weighted by molar-refractivity contribution is 7.91. The lowest BCUT2D eigenvalue weighted by molar-refractivity contribution is 0.596. The second kappa shape index (κ2) is 6.21. The molecule has 2 aromatic carbocycles. The van der Waals surface area contributed by atoms with Crippen LogP contribution in [0, 0.1) is 0 Å². The summed E-state index contributed by atoms with van der Waals surface area (Å²) in [4.78, 5) is 0.660. The average molecular weight is 248 g/mol. The van der Waals surface area contributed by atoms with Crippen molar-refractivity contribution >= 4 is 9.84 Å². The molecule has 0 aliphatic rings. The van der Waals surface area contributed by atoms with E-state index in [1.54, 1.807) is 60.7 Å². The molecule has 0 amide bonds. The van der Waals surface area contributed by atoms with Crippen LogP contribution in [0.3, 0.4) is 0 Å². The summed E-state index contributed by atoms with van der Waals surface area (Å²) in [5.74, 6) is 0. The molecule has 0 N–H and O–H groups in total. The number of hydrogen-bond acceptors (Lipinski definition) is 2. The molecule has 3 heteroatoms. The van der Waals surface area contributed by atoms with Crippen LogP contribution in [0.15, 0.2) is 70.5 Å². The predicted molar refractivity (Wildman–Crippen MR) is 69.7 cm³/mol. The van der Waals surface area contributed by atoms with Crippen LogP contribution < -0.4 is 0 Å². The predicted octanol–water partition coefficient (Wildman–Crippen LogP) is 3.55. The number of benzene rings is 2. The second-order valence-corrected chi connectivity index (χ2v) is 5.08. The van der Waals surface area contributed by atoms with E-state index < -0.39 is 9.84 Å². The Kier molecular flexibility index (Phi) is 4.91. The van der Waals surface area contributed by atoms with Gasteiger partial charge in [-0.05, 0) is 24.3 Å². The summed E-state index contributed by atoms with van der Waals surface area (Å²) >= 11 is 0. The normalized spacial score (nSPS) is 10.2. The van der Waals surface area contributed by atoms with E-state index >= 15 is 0 Å². The van der Waals surface area contributed by atoms with Crippen LogP contribution in [0.1, 0.15) is 13.8 Å². The third-order valence-electron chi connectivity index (χ3n) is 2.11. The number of rotatable bonds is 2. The van der Waals surface area contributed by atoms with Gasteiger partial charge in [-0.3, -0.25) is 0 Å². The van der Waals surface area contributed by atoms with Crippen molar-refractivity contribution in [1.82, 2.24) is 0 Å². The van der Waals surface area contributed by atoms with Gasteiger partial charge in [-0.25, -0.2) is 8.42 Å². The van der Waals surface area contributed by atoms with Gasteiger partial charge in [0, 0.05) is 0 Å². The monoisotopic (exact) mass is 248 g/mol. The summed E-state index contributed by atoms with van der Waals surface area (Å²) in [6.45, 7) is 4.00. The molecule has 0 aliphatic heterocycles. The van der Waals surface area contributed by atoms with Crippen molar-refractivity contribution < 1.29 is 8.42 Å². The maximum absolute atomic E-state index is 12.0. The van der Waals surface area contributed by atoms with E-state index in [9.17, 15) is 8.42 Å². The van der Waals surface area contributed by atoms with Crippen LogP contribution >= 0.6 is 0 Å². The van der Waals surface area contributed by atoms with Crippen molar-refractivity contribution in [2.75, 3.05) is 0 Å². The van der Waals surface area contributed by atoms with Gasteiger partial charge < -0.3 is 0 Å². The fourth-order valence-electron chi connectivity index (χ4n) is 1.34. The zero-order valence-electron chi connectivity index (χ0n) is 10.00. The molecule has 0 saturated carbocycles. The Labute approximate surface area is 103 Å². The SMILES string of the molecule is CC.O=S(=O)(c1ccccc1)c1ccccc1. The van der Waals surface area contributed by atoms with Gasteiger partial charge in [0.2, 0.25) is 9.84 Å². The van der Waals surface area contributed by atoms with E-state index in [1.807, 2.05) is 13.8 Å². The largest absolute Gasteiger partial charge is 0.219 e. The standard InChI is InChI=1S/C12H10O2S.C2H6/c13-15(14,11-7-3-1-4-8-11)12-9-5-2-6-10-12;1-2/h1-10H;1-2H3.